The van der Waals surface area contributed by atoms with Crippen molar-refractivity contribution in [2.75, 3.05) is 39.4 Å². The normalized spacial score (nSPS) is 20.0. The molecule has 3 amide bonds. The average Bonchev–Trinajstić information content (AvgIpc) is 2.78. The van der Waals surface area contributed by atoms with Crippen molar-refractivity contribution in [1.82, 2.24) is 20.1 Å². The third-order valence-corrected chi connectivity index (χ3v) is 6.04. The molecule has 0 bridgehead atoms. The van der Waals surface area contributed by atoms with Crippen LogP contribution < -0.4 is 10.1 Å². The van der Waals surface area contributed by atoms with E-state index in [0.717, 1.165) is 11.8 Å². The highest BCUT2D eigenvalue weighted by atomic mass is 19.4. The summed E-state index contributed by atoms with van der Waals surface area (Å²) in [6.07, 6.45) is -1.40. The molecule has 0 spiro atoms. The van der Waals surface area contributed by atoms with Gasteiger partial charge in [-0.05, 0) is 43.7 Å². The third-order valence-electron chi connectivity index (χ3n) is 6.04. The summed E-state index contributed by atoms with van der Waals surface area (Å²) < 4.78 is 44.2. The lowest BCUT2D eigenvalue weighted by Crippen LogP contribution is -2.55. The molecule has 1 aromatic rings. The van der Waals surface area contributed by atoms with Gasteiger partial charge in [0.2, 0.25) is 5.91 Å². The highest BCUT2D eigenvalue weighted by Crippen LogP contribution is 2.31. The van der Waals surface area contributed by atoms with Crippen LogP contribution in [0.4, 0.5) is 18.0 Å². The zero-order valence-electron chi connectivity index (χ0n) is 18.5. The maximum Gasteiger partial charge on any atom is 0.433 e. The summed E-state index contributed by atoms with van der Waals surface area (Å²) in [5.74, 6) is -0.0346. The minimum atomic E-state index is -4.49. The number of rotatable bonds is 5. The predicted octanol–water partition coefficient (Wildman–Crippen LogP) is 2.36. The monoisotopic (exact) mass is 470 g/mol. The van der Waals surface area contributed by atoms with E-state index in [9.17, 15) is 22.8 Å². The summed E-state index contributed by atoms with van der Waals surface area (Å²) in [6.45, 7) is 6.94. The number of amides is 3. The number of aromatic nitrogens is 1. The lowest BCUT2D eigenvalue weighted by Gasteiger charge is -2.40. The smallest absolute Gasteiger partial charge is 0.433 e. The van der Waals surface area contributed by atoms with Gasteiger partial charge in [-0.15, -0.1) is 0 Å². The average molecular weight is 470 g/mol. The highest BCUT2D eigenvalue weighted by Gasteiger charge is 2.35. The summed E-state index contributed by atoms with van der Waals surface area (Å²) in [6, 6.07) is 0.854. The Bertz CT molecular complexity index is 885. The second-order valence-corrected chi connectivity index (χ2v) is 8.49. The summed E-state index contributed by atoms with van der Waals surface area (Å²) in [4.78, 5) is 31.4. The zero-order chi connectivity index (χ0) is 24.2. The number of urea groups is 1. The molecule has 0 saturated carbocycles. The van der Waals surface area contributed by atoms with E-state index in [-0.39, 0.29) is 23.6 Å². The summed E-state index contributed by atoms with van der Waals surface area (Å²) >= 11 is 0. The molecule has 2 N–H and O–H groups in total. The minimum Gasteiger partial charge on any atom is -0.492 e. The second kappa shape index (κ2) is 10.4. The van der Waals surface area contributed by atoms with Crippen LogP contribution in [0.2, 0.25) is 0 Å². The maximum atomic E-state index is 12.9. The Morgan fingerprint density at radius 3 is 2.58 bits per heavy atom. The molecule has 1 atom stereocenters. The number of aliphatic hydroxyl groups excluding tert-OH is 1. The number of nitrogens with one attached hydrogen (secondary N) is 1. The molecule has 33 heavy (non-hydrogen) atoms. The quantitative estimate of drug-likeness (QED) is 0.645. The first-order chi connectivity index (χ1) is 15.6. The van der Waals surface area contributed by atoms with Gasteiger partial charge in [-0.2, -0.15) is 13.2 Å². The fraction of sp³-hybridized carbons (Fsp3) is 0.591. The van der Waals surface area contributed by atoms with Crippen molar-refractivity contribution in [3.63, 3.8) is 0 Å². The van der Waals surface area contributed by atoms with Gasteiger partial charge in [-0.25, -0.2) is 9.78 Å². The Morgan fingerprint density at radius 2 is 1.97 bits per heavy atom. The van der Waals surface area contributed by atoms with E-state index >= 15 is 0 Å². The molecule has 11 heteroatoms. The van der Waals surface area contributed by atoms with E-state index in [0.29, 0.717) is 57.8 Å². The van der Waals surface area contributed by atoms with Gasteiger partial charge in [0.15, 0.2) is 0 Å². The van der Waals surface area contributed by atoms with Crippen molar-refractivity contribution in [2.24, 2.45) is 5.92 Å². The molecule has 3 rings (SSSR count). The van der Waals surface area contributed by atoms with E-state index in [1.807, 2.05) is 0 Å². The number of nitrogens with zero attached hydrogens (tertiary/aromatic N) is 3. The van der Waals surface area contributed by atoms with Crippen molar-refractivity contribution in [2.45, 2.75) is 38.4 Å². The van der Waals surface area contributed by atoms with Crippen LogP contribution in [0.5, 0.6) is 5.75 Å². The van der Waals surface area contributed by atoms with E-state index in [4.69, 9.17) is 9.84 Å². The number of halogens is 3. The molecular formula is C22H29F3N4O4. The van der Waals surface area contributed by atoms with Crippen molar-refractivity contribution in [3.8, 4) is 5.75 Å². The van der Waals surface area contributed by atoms with Gasteiger partial charge in [0, 0.05) is 26.2 Å². The van der Waals surface area contributed by atoms with Crippen molar-refractivity contribution in [1.29, 1.82) is 0 Å². The molecule has 0 aliphatic carbocycles. The standard InChI is InChI=1S/C22H29F3N4O4/c1-14-3-6-29(11-18(14)27-19(31)12-30)21(32)28-7-4-16(5-8-28)13-33-17-9-15(2)20(26-10-17)22(23,24)25/h9-10,16,18,30H,1,3-8,11-13H2,2H3,(H,27,31)/t18-/m1/s1. The highest BCUT2D eigenvalue weighted by molar-refractivity contribution is 5.78. The Balaban J connectivity index is 1.47. The number of ether oxygens (including phenoxy) is 1. The first kappa shape index (κ1) is 24.8. The number of piperidine rings is 2. The number of hydrogen-bond donors (Lipinski definition) is 2. The Labute approximate surface area is 190 Å². The number of aliphatic hydroxyl groups is 1. The van der Waals surface area contributed by atoms with Gasteiger partial charge in [0.05, 0.1) is 18.8 Å². The number of aryl methyl sites for hydroxylation is 1. The predicted molar refractivity (Wildman–Crippen MR) is 114 cm³/mol. The third kappa shape index (κ3) is 6.37. The lowest BCUT2D eigenvalue weighted by molar-refractivity contribution is -0.141. The number of carbonyl (C=O) groups excluding carboxylic acids is 2. The van der Waals surface area contributed by atoms with Crippen molar-refractivity contribution < 1.29 is 32.6 Å². The topological polar surface area (TPSA) is 95.0 Å². The molecule has 0 unspecified atom stereocenters. The first-order valence-corrected chi connectivity index (χ1v) is 10.9. The number of hydrogen-bond acceptors (Lipinski definition) is 5. The molecule has 8 nitrogen and oxygen atoms in total. The Morgan fingerprint density at radius 1 is 1.27 bits per heavy atom. The molecule has 2 aliphatic heterocycles. The number of alkyl halides is 3. The van der Waals surface area contributed by atoms with E-state index in [1.54, 1.807) is 9.80 Å². The van der Waals surface area contributed by atoms with Crippen LogP contribution in [-0.2, 0) is 11.0 Å². The Kier molecular flexibility index (Phi) is 7.83. The van der Waals surface area contributed by atoms with Gasteiger partial charge in [0.25, 0.3) is 0 Å². The number of carbonyl (C=O) groups is 2. The summed E-state index contributed by atoms with van der Waals surface area (Å²) in [5.41, 5.74) is -0.0797. The van der Waals surface area contributed by atoms with Crippen LogP contribution in [0.1, 0.15) is 30.5 Å². The SMILES string of the molecule is C=C1CCN(C(=O)N2CCC(COc3cnc(C(F)(F)F)c(C)c3)CC2)C[C@H]1NC(=O)CO. The molecule has 182 valence electrons. The lowest BCUT2D eigenvalue weighted by atomic mass is 9.97. The Hall–Kier alpha value is -2.82. The number of pyridine rings is 1. The fourth-order valence-corrected chi connectivity index (χ4v) is 4.08. The van der Waals surface area contributed by atoms with Crippen LogP contribution in [0.15, 0.2) is 24.4 Å². The van der Waals surface area contributed by atoms with Gasteiger partial charge in [0.1, 0.15) is 18.1 Å². The van der Waals surface area contributed by atoms with E-state index < -0.39 is 24.4 Å². The number of likely N-dealkylation sites (tertiary alicyclic amines) is 2. The molecular weight excluding hydrogens is 441 g/mol. The first-order valence-electron chi connectivity index (χ1n) is 10.9. The van der Waals surface area contributed by atoms with Crippen LogP contribution in [0.25, 0.3) is 0 Å². The van der Waals surface area contributed by atoms with Crippen LogP contribution >= 0.6 is 0 Å². The van der Waals surface area contributed by atoms with Crippen LogP contribution in [-0.4, -0.2) is 77.3 Å². The summed E-state index contributed by atoms with van der Waals surface area (Å²) in [7, 11) is 0. The molecule has 2 aliphatic rings. The molecule has 2 fully saturated rings. The molecule has 1 aromatic heterocycles. The second-order valence-electron chi connectivity index (χ2n) is 8.49. The molecule has 0 radical (unpaired) electrons. The van der Waals surface area contributed by atoms with E-state index in [2.05, 4.69) is 16.9 Å². The van der Waals surface area contributed by atoms with Gasteiger partial charge in [-0.3, -0.25) is 4.79 Å². The zero-order valence-corrected chi connectivity index (χ0v) is 18.5. The molecule has 3 heterocycles. The maximum absolute atomic E-state index is 12.9. The molecule has 2 saturated heterocycles. The summed E-state index contributed by atoms with van der Waals surface area (Å²) in [5, 5.41) is 11.6. The van der Waals surface area contributed by atoms with Gasteiger partial charge >= 0.3 is 12.2 Å². The van der Waals surface area contributed by atoms with Crippen molar-refractivity contribution in [3.05, 3.63) is 35.7 Å². The van der Waals surface area contributed by atoms with Crippen molar-refractivity contribution >= 4 is 11.9 Å². The van der Waals surface area contributed by atoms with Gasteiger partial charge in [-0.1, -0.05) is 12.2 Å². The van der Waals surface area contributed by atoms with Gasteiger partial charge < -0.3 is 25.0 Å². The van der Waals surface area contributed by atoms with E-state index in [1.165, 1.54) is 13.0 Å². The molecule has 0 aromatic carbocycles. The fourth-order valence-electron chi connectivity index (χ4n) is 4.08. The van der Waals surface area contributed by atoms with Crippen LogP contribution in [0.3, 0.4) is 0 Å². The minimum absolute atomic E-state index is 0.0121. The van der Waals surface area contributed by atoms with Crippen LogP contribution in [0, 0.1) is 12.8 Å². The largest absolute Gasteiger partial charge is 0.492 e.